The molecular weight excluding hydrogens is 480 g/mol. The normalized spacial score (nSPS) is 12.2. The quantitative estimate of drug-likeness (QED) is 0.345. The molecule has 0 aliphatic carbocycles. The average Bonchev–Trinajstić information content (AvgIpc) is 2.84. The van der Waals surface area contributed by atoms with Gasteiger partial charge in [-0.05, 0) is 34.6 Å². The first-order chi connectivity index (χ1) is 17.4. The third-order valence-corrected chi connectivity index (χ3v) is 5.06. The van der Waals surface area contributed by atoms with Gasteiger partial charge in [0.05, 0.1) is 12.7 Å². The van der Waals surface area contributed by atoms with Crippen LogP contribution in [0.5, 0.6) is 11.5 Å². The first kappa shape index (κ1) is 31.4. The molecule has 0 aliphatic rings. The van der Waals surface area contributed by atoms with Crippen LogP contribution in [0.15, 0.2) is 42.6 Å². The standard InChI is InChI=1S/C20H30N2O8.C7H8.H2/c1-12(10-20(4,5)27-7)30-19(25)13(2)22-18(24)16-17(29-11-28-14(3)23)15(26-6)8-9-21-16;1-7-5-3-2-4-6-7;/h8-9,12-13H,10-11H2,1-7H3,(H,22,24);2-6H,1H3;1H/t12-,13-;;/m0../s1. The van der Waals surface area contributed by atoms with Crippen molar-refractivity contribution in [2.24, 2.45) is 0 Å². The van der Waals surface area contributed by atoms with Gasteiger partial charge in [-0.3, -0.25) is 9.59 Å². The Bertz CT molecular complexity index is 1020. The number of carbonyl (C=O) groups is 3. The molecule has 0 spiro atoms. The molecule has 0 saturated heterocycles. The summed E-state index contributed by atoms with van der Waals surface area (Å²) in [6.45, 7) is 9.88. The molecule has 1 N–H and O–H groups in total. The van der Waals surface area contributed by atoms with E-state index in [4.69, 9.17) is 23.7 Å². The second kappa shape index (κ2) is 15.5. The van der Waals surface area contributed by atoms with Gasteiger partial charge in [-0.15, -0.1) is 0 Å². The lowest BCUT2D eigenvalue weighted by molar-refractivity contribution is -0.153. The summed E-state index contributed by atoms with van der Waals surface area (Å²) in [6, 6.07) is 10.8. The monoisotopic (exact) mass is 520 g/mol. The first-order valence-corrected chi connectivity index (χ1v) is 11.8. The minimum atomic E-state index is -0.945. The molecule has 10 heteroatoms. The fourth-order valence-corrected chi connectivity index (χ4v) is 3.04. The van der Waals surface area contributed by atoms with Crippen LogP contribution in [0, 0.1) is 6.92 Å². The van der Waals surface area contributed by atoms with Crippen molar-refractivity contribution < 1.29 is 39.5 Å². The third-order valence-electron chi connectivity index (χ3n) is 5.06. The van der Waals surface area contributed by atoms with Gasteiger partial charge < -0.3 is 29.0 Å². The largest absolute Gasteiger partial charge is 0.493 e. The summed E-state index contributed by atoms with van der Waals surface area (Å²) in [5.41, 5.74) is 0.738. The number of hydrogen-bond acceptors (Lipinski definition) is 9. The Balaban J connectivity index is 0.00000147. The Morgan fingerprint density at radius 1 is 1.08 bits per heavy atom. The predicted molar refractivity (Wildman–Crippen MR) is 140 cm³/mol. The van der Waals surface area contributed by atoms with Crippen LogP contribution in [0.1, 0.15) is 58.5 Å². The van der Waals surface area contributed by atoms with Crippen molar-refractivity contribution in [3.05, 3.63) is 53.9 Å². The summed E-state index contributed by atoms with van der Waals surface area (Å²) >= 11 is 0. The highest BCUT2D eigenvalue weighted by Gasteiger charge is 2.27. The number of ether oxygens (including phenoxy) is 5. The molecule has 37 heavy (non-hydrogen) atoms. The molecule has 1 amide bonds. The van der Waals surface area contributed by atoms with Crippen LogP contribution in [-0.2, 0) is 23.8 Å². The van der Waals surface area contributed by atoms with E-state index in [1.54, 1.807) is 14.0 Å². The molecule has 1 heterocycles. The molecule has 206 valence electrons. The molecule has 0 unspecified atom stereocenters. The Morgan fingerprint density at radius 3 is 2.24 bits per heavy atom. The van der Waals surface area contributed by atoms with E-state index in [-0.39, 0.29) is 18.6 Å². The predicted octanol–water partition coefficient (Wildman–Crippen LogP) is 4.10. The van der Waals surface area contributed by atoms with Crippen LogP contribution in [0.4, 0.5) is 0 Å². The highest BCUT2D eigenvalue weighted by atomic mass is 16.7. The van der Waals surface area contributed by atoms with Crippen molar-refractivity contribution in [3.63, 3.8) is 0 Å². The van der Waals surface area contributed by atoms with Crippen molar-refractivity contribution in [1.29, 1.82) is 0 Å². The molecular formula is C27H40N2O8. The number of esters is 2. The zero-order chi connectivity index (χ0) is 28.0. The lowest BCUT2D eigenvalue weighted by Gasteiger charge is -2.27. The molecule has 1 aromatic carbocycles. The molecule has 2 aromatic rings. The molecule has 0 saturated carbocycles. The first-order valence-electron chi connectivity index (χ1n) is 11.8. The second-order valence-corrected chi connectivity index (χ2v) is 8.85. The number of carbonyl (C=O) groups excluding carboxylic acids is 3. The second-order valence-electron chi connectivity index (χ2n) is 8.85. The van der Waals surface area contributed by atoms with Crippen LogP contribution in [0.25, 0.3) is 0 Å². The number of amides is 1. The highest BCUT2D eigenvalue weighted by molar-refractivity contribution is 5.98. The van der Waals surface area contributed by atoms with Crippen LogP contribution >= 0.6 is 0 Å². The number of rotatable bonds is 11. The third kappa shape index (κ3) is 11.7. The highest BCUT2D eigenvalue weighted by Crippen LogP contribution is 2.29. The van der Waals surface area contributed by atoms with Crippen molar-refractivity contribution in [1.82, 2.24) is 10.3 Å². The van der Waals surface area contributed by atoms with Gasteiger partial charge in [0.2, 0.25) is 6.79 Å². The lowest BCUT2D eigenvalue weighted by Crippen LogP contribution is -2.42. The molecule has 0 radical (unpaired) electrons. The van der Waals surface area contributed by atoms with Crippen molar-refractivity contribution in [3.8, 4) is 11.5 Å². The summed E-state index contributed by atoms with van der Waals surface area (Å²) in [6.07, 6.45) is 1.43. The summed E-state index contributed by atoms with van der Waals surface area (Å²) in [7, 11) is 2.97. The molecule has 0 aliphatic heterocycles. The van der Waals surface area contributed by atoms with E-state index in [1.807, 2.05) is 32.0 Å². The smallest absolute Gasteiger partial charge is 0.328 e. The topological polar surface area (TPSA) is 122 Å². The number of nitrogens with one attached hydrogen (secondary N) is 1. The summed E-state index contributed by atoms with van der Waals surface area (Å²) in [5.74, 6) is -1.64. The molecule has 2 atom stereocenters. The zero-order valence-corrected chi connectivity index (χ0v) is 22.8. The Hall–Kier alpha value is -3.66. The number of hydrogen-bond donors (Lipinski definition) is 1. The van der Waals surface area contributed by atoms with E-state index in [0.29, 0.717) is 6.42 Å². The summed E-state index contributed by atoms with van der Waals surface area (Å²) in [5, 5.41) is 2.52. The van der Waals surface area contributed by atoms with Gasteiger partial charge in [-0.25, -0.2) is 9.78 Å². The van der Waals surface area contributed by atoms with Gasteiger partial charge in [0.25, 0.3) is 5.91 Å². The fourth-order valence-electron chi connectivity index (χ4n) is 3.04. The van der Waals surface area contributed by atoms with Gasteiger partial charge in [-0.1, -0.05) is 35.9 Å². The molecule has 0 fully saturated rings. The Morgan fingerprint density at radius 2 is 1.73 bits per heavy atom. The van der Waals surface area contributed by atoms with Crippen LogP contribution in [-0.4, -0.2) is 61.6 Å². The van der Waals surface area contributed by atoms with E-state index in [9.17, 15) is 14.4 Å². The van der Waals surface area contributed by atoms with Gasteiger partial charge in [0.1, 0.15) is 12.1 Å². The number of nitrogens with zero attached hydrogens (tertiary/aromatic N) is 1. The lowest BCUT2D eigenvalue weighted by atomic mass is 10.0. The molecule has 0 bridgehead atoms. The fraction of sp³-hybridized carbons (Fsp3) is 0.481. The minimum Gasteiger partial charge on any atom is -0.493 e. The Kier molecular flexibility index (Phi) is 13.1. The van der Waals surface area contributed by atoms with E-state index in [1.165, 1.54) is 38.8 Å². The van der Waals surface area contributed by atoms with Crippen molar-refractivity contribution in [2.75, 3.05) is 21.0 Å². The summed E-state index contributed by atoms with van der Waals surface area (Å²) in [4.78, 5) is 39.9. The SMILES string of the molecule is COc1ccnc(C(=O)N[C@@H](C)C(=O)O[C@@H](C)CC(C)(C)OC)c1OCOC(C)=O.Cc1ccccc1.[HH]. The van der Waals surface area contributed by atoms with Gasteiger partial charge in [0, 0.05) is 34.1 Å². The number of aryl methyl sites for hydroxylation is 1. The number of methoxy groups -OCH3 is 2. The van der Waals surface area contributed by atoms with Crippen LogP contribution in [0.2, 0.25) is 0 Å². The maximum atomic E-state index is 12.7. The van der Waals surface area contributed by atoms with Crippen LogP contribution in [0.3, 0.4) is 0 Å². The molecule has 10 nitrogen and oxygen atoms in total. The van der Waals surface area contributed by atoms with Crippen molar-refractivity contribution in [2.45, 2.75) is 65.7 Å². The average molecular weight is 521 g/mol. The van der Waals surface area contributed by atoms with Gasteiger partial charge >= 0.3 is 11.9 Å². The van der Waals surface area contributed by atoms with E-state index < -0.39 is 42.4 Å². The number of pyridine rings is 1. The van der Waals surface area contributed by atoms with E-state index in [2.05, 4.69) is 29.4 Å². The minimum absolute atomic E-state index is 0. The zero-order valence-electron chi connectivity index (χ0n) is 22.8. The van der Waals surface area contributed by atoms with E-state index >= 15 is 0 Å². The van der Waals surface area contributed by atoms with Gasteiger partial charge in [-0.2, -0.15) is 0 Å². The Labute approximate surface area is 220 Å². The van der Waals surface area contributed by atoms with E-state index in [0.717, 1.165) is 0 Å². The maximum absolute atomic E-state index is 12.7. The van der Waals surface area contributed by atoms with Gasteiger partial charge in [0.15, 0.2) is 17.2 Å². The molecule has 1 aromatic heterocycles. The number of benzene rings is 1. The van der Waals surface area contributed by atoms with Crippen LogP contribution < -0.4 is 14.8 Å². The van der Waals surface area contributed by atoms with Crippen molar-refractivity contribution >= 4 is 17.8 Å². The number of aromatic nitrogens is 1. The summed E-state index contributed by atoms with van der Waals surface area (Å²) < 4.78 is 26.0. The molecule has 2 rings (SSSR count). The maximum Gasteiger partial charge on any atom is 0.328 e.